The molecular weight excluding hydrogens is 444 g/mol. The van der Waals surface area contributed by atoms with Crippen LogP contribution in [0.15, 0.2) is 83.0 Å². The normalized spacial score (nSPS) is 11.2. The Hall–Kier alpha value is -3.27. The summed E-state index contributed by atoms with van der Waals surface area (Å²) in [4.78, 5) is 12.5. The van der Waals surface area contributed by atoms with Gasteiger partial charge >= 0.3 is 5.97 Å². The number of nitrogens with zero attached hydrogens (tertiary/aromatic N) is 2. The third kappa shape index (κ3) is 9.77. The summed E-state index contributed by atoms with van der Waals surface area (Å²) in [6.07, 6.45) is 13.6. The van der Waals surface area contributed by atoms with E-state index in [-0.39, 0.29) is 5.97 Å². The molecule has 0 aromatic heterocycles. The zero-order valence-electron chi connectivity index (χ0n) is 21.9. The van der Waals surface area contributed by atoms with Gasteiger partial charge in [0.05, 0.1) is 16.9 Å². The summed E-state index contributed by atoms with van der Waals surface area (Å²) in [5.41, 5.74) is 4.69. The number of hydrogen-bond donors (Lipinski definition) is 0. The lowest BCUT2D eigenvalue weighted by atomic mass is 10.0. The van der Waals surface area contributed by atoms with Crippen molar-refractivity contribution < 1.29 is 9.53 Å². The Morgan fingerprint density at radius 3 is 1.61 bits per heavy atom. The van der Waals surface area contributed by atoms with E-state index >= 15 is 0 Å². The second-order valence-electron chi connectivity index (χ2n) is 9.42. The topological polar surface area (TPSA) is 51.0 Å². The Morgan fingerprint density at radius 1 is 0.583 bits per heavy atom. The summed E-state index contributed by atoms with van der Waals surface area (Å²) in [5, 5.41) is 8.65. The monoisotopic (exact) mass is 484 g/mol. The minimum absolute atomic E-state index is 0.356. The summed E-state index contributed by atoms with van der Waals surface area (Å²) in [5.74, 6) is 0.135. The molecule has 190 valence electrons. The van der Waals surface area contributed by atoms with E-state index in [0.29, 0.717) is 17.0 Å². The molecule has 3 aromatic rings. The Kier molecular flexibility index (Phi) is 11.9. The van der Waals surface area contributed by atoms with E-state index in [2.05, 4.69) is 36.2 Å². The van der Waals surface area contributed by atoms with Crippen LogP contribution in [0.4, 0.5) is 11.4 Å². The summed E-state index contributed by atoms with van der Waals surface area (Å²) in [7, 11) is 0. The first-order valence-corrected chi connectivity index (χ1v) is 13.6. The first kappa shape index (κ1) is 27.3. The van der Waals surface area contributed by atoms with Gasteiger partial charge in [-0.2, -0.15) is 10.2 Å². The average Bonchev–Trinajstić information content (AvgIpc) is 2.91. The van der Waals surface area contributed by atoms with E-state index in [1.165, 1.54) is 68.9 Å². The van der Waals surface area contributed by atoms with Crippen molar-refractivity contribution in [3.05, 3.63) is 89.5 Å². The summed E-state index contributed by atoms with van der Waals surface area (Å²) in [6.45, 7) is 4.45. The molecule has 0 spiro atoms. The van der Waals surface area contributed by atoms with E-state index in [9.17, 15) is 4.79 Å². The van der Waals surface area contributed by atoms with Crippen molar-refractivity contribution in [1.29, 1.82) is 0 Å². The van der Waals surface area contributed by atoms with Crippen LogP contribution in [-0.4, -0.2) is 5.97 Å². The molecule has 0 atom stereocenters. The van der Waals surface area contributed by atoms with Gasteiger partial charge in [0.2, 0.25) is 0 Å². The number of azo groups is 1. The fourth-order valence-corrected chi connectivity index (χ4v) is 4.09. The molecule has 0 aliphatic heterocycles. The zero-order valence-corrected chi connectivity index (χ0v) is 21.9. The van der Waals surface area contributed by atoms with Crippen LogP contribution in [-0.2, 0) is 12.8 Å². The molecule has 0 amide bonds. The van der Waals surface area contributed by atoms with Crippen molar-refractivity contribution in [2.75, 3.05) is 0 Å². The van der Waals surface area contributed by atoms with Gasteiger partial charge in [0.1, 0.15) is 5.75 Å². The van der Waals surface area contributed by atoms with Crippen molar-refractivity contribution >= 4 is 17.3 Å². The Bertz CT molecular complexity index is 1050. The van der Waals surface area contributed by atoms with Gasteiger partial charge in [0.25, 0.3) is 0 Å². The Labute approximate surface area is 216 Å². The van der Waals surface area contributed by atoms with Gasteiger partial charge in [-0.3, -0.25) is 0 Å². The highest BCUT2D eigenvalue weighted by Crippen LogP contribution is 2.23. The maximum atomic E-state index is 12.5. The number of esters is 1. The van der Waals surface area contributed by atoms with Gasteiger partial charge in [0.15, 0.2) is 0 Å². The molecule has 36 heavy (non-hydrogen) atoms. The van der Waals surface area contributed by atoms with Crippen LogP contribution < -0.4 is 4.74 Å². The maximum Gasteiger partial charge on any atom is 0.343 e. The number of hydrogen-bond acceptors (Lipinski definition) is 4. The summed E-state index contributed by atoms with van der Waals surface area (Å²) in [6, 6.07) is 23.1. The van der Waals surface area contributed by atoms with Crippen LogP contribution in [0.3, 0.4) is 0 Å². The highest BCUT2D eigenvalue weighted by Gasteiger charge is 2.08. The number of benzene rings is 3. The second kappa shape index (κ2) is 15.7. The molecule has 0 aliphatic carbocycles. The number of unbranched alkanes of at least 4 members (excludes halogenated alkanes) is 7. The van der Waals surface area contributed by atoms with Crippen molar-refractivity contribution in [1.82, 2.24) is 0 Å². The van der Waals surface area contributed by atoms with Crippen LogP contribution >= 0.6 is 0 Å². The molecule has 0 bridgehead atoms. The highest BCUT2D eigenvalue weighted by molar-refractivity contribution is 5.91. The molecule has 4 nitrogen and oxygen atoms in total. The first-order chi connectivity index (χ1) is 17.7. The quantitative estimate of drug-likeness (QED) is 0.0932. The third-order valence-corrected chi connectivity index (χ3v) is 6.34. The van der Waals surface area contributed by atoms with Gasteiger partial charge in [-0.15, -0.1) is 0 Å². The van der Waals surface area contributed by atoms with Crippen molar-refractivity contribution in [3.8, 4) is 5.75 Å². The fourth-order valence-electron chi connectivity index (χ4n) is 4.09. The van der Waals surface area contributed by atoms with Gasteiger partial charge < -0.3 is 4.74 Å². The molecule has 0 N–H and O–H groups in total. The lowest BCUT2D eigenvalue weighted by molar-refractivity contribution is 0.0734. The molecule has 3 aromatic carbocycles. The fraction of sp³-hybridized carbons (Fsp3) is 0.406. The van der Waals surface area contributed by atoms with Crippen LogP contribution in [0.1, 0.15) is 93.1 Å². The zero-order chi connectivity index (χ0) is 25.4. The van der Waals surface area contributed by atoms with E-state index in [1.807, 2.05) is 36.4 Å². The molecule has 0 aliphatic rings. The third-order valence-electron chi connectivity index (χ3n) is 6.34. The first-order valence-electron chi connectivity index (χ1n) is 13.6. The molecule has 3 rings (SSSR count). The van der Waals surface area contributed by atoms with E-state index in [0.717, 1.165) is 18.5 Å². The molecular formula is C32H40N2O2. The number of carbonyl (C=O) groups is 1. The van der Waals surface area contributed by atoms with Crippen molar-refractivity contribution in [2.24, 2.45) is 10.2 Å². The number of carbonyl (C=O) groups excluding carboxylic acids is 1. The standard InChI is InChI=1S/C32H40N2O2/c1-3-5-7-8-9-11-13-27-16-20-29(21-17-27)33-34-30-22-24-31(25-23-30)36-32(35)28-18-14-26(15-19-28)12-10-6-4-2/h14-25H,3-13H2,1-2H3. The molecule has 0 radical (unpaired) electrons. The lowest BCUT2D eigenvalue weighted by Crippen LogP contribution is -2.08. The van der Waals surface area contributed by atoms with E-state index in [1.54, 1.807) is 24.3 Å². The predicted octanol–water partition coefficient (Wildman–Crippen LogP) is 9.96. The van der Waals surface area contributed by atoms with Gasteiger partial charge in [0, 0.05) is 0 Å². The largest absolute Gasteiger partial charge is 0.423 e. The van der Waals surface area contributed by atoms with Crippen molar-refractivity contribution in [3.63, 3.8) is 0 Å². The lowest BCUT2D eigenvalue weighted by Gasteiger charge is -2.06. The van der Waals surface area contributed by atoms with Crippen LogP contribution in [0.5, 0.6) is 5.75 Å². The second-order valence-corrected chi connectivity index (χ2v) is 9.42. The van der Waals surface area contributed by atoms with Gasteiger partial charge in [-0.05, 0) is 85.3 Å². The molecule has 4 heteroatoms. The number of aryl methyl sites for hydroxylation is 2. The van der Waals surface area contributed by atoms with Crippen LogP contribution in [0, 0.1) is 0 Å². The summed E-state index contributed by atoms with van der Waals surface area (Å²) >= 11 is 0. The van der Waals surface area contributed by atoms with Crippen LogP contribution in [0.25, 0.3) is 0 Å². The molecule has 0 fully saturated rings. The number of ether oxygens (including phenoxy) is 1. The van der Waals surface area contributed by atoms with Gasteiger partial charge in [-0.1, -0.05) is 83.1 Å². The van der Waals surface area contributed by atoms with Crippen molar-refractivity contribution in [2.45, 2.75) is 84.5 Å². The molecule has 0 saturated heterocycles. The molecule has 0 heterocycles. The van der Waals surface area contributed by atoms with E-state index < -0.39 is 0 Å². The minimum Gasteiger partial charge on any atom is -0.423 e. The SMILES string of the molecule is CCCCCCCCc1ccc(N=Nc2ccc(OC(=O)c3ccc(CCCCC)cc3)cc2)cc1. The van der Waals surface area contributed by atoms with Crippen LogP contribution in [0.2, 0.25) is 0 Å². The Morgan fingerprint density at radius 2 is 1.03 bits per heavy atom. The van der Waals surface area contributed by atoms with E-state index in [4.69, 9.17) is 4.74 Å². The molecule has 0 saturated carbocycles. The minimum atomic E-state index is -0.356. The van der Waals surface area contributed by atoms with Gasteiger partial charge in [-0.25, -0.2) is 4.79 Å². The highest BCUT2D eigenvalue weighted by atomic mass is 16.5. The maximum absolute atomic E-state index is 12.5. The average molecular weight is 485 g/mol. The Balaban J connectivity index is 1.44. The molecule has 0 unspecified atom stereocenters. The smallest absolute Gasteiger partial charge is 0.343 e. The number of rotatable bonds is 15. The summed E-state index contributed by atoms with van der Waals surface area (Å²) < 4.78 is 5.52. The predicted molar refractivity (Wildman–Crippen MR) is 149 cm³/mol.